The van der Waals surface area contributed by atoms with Crippen molar-refractivity contribution in [1.82, 2.24) is 5.32 Å². The molecule has 14 heavy (non-hydrogen) atoms. The van der Waals surface area contributed by atoms with E-state index in [4.69, 9.17) is 4.74 Å². The zero-order chi connectivity index (χ0) is 10.1. The van der Waals surface area contributed by atoms with Gasteiger partial charge in [-0.05, 0) is 0 Å². The first kappa shape index (κ1) is 10.1. The predicted octanol–water partition coefficient (Wildman–Crippen LogP) is 0.349. The van der Waals surface area contributed by atoms with Gasteiger partial charge in [0.15, 0.2) is 0 Å². The summed E-state index contributed by atoms with van der Waals surface area (Å²) in [5, 5.41) is 2.28. The summed E-state index contributed by atoms with van der Waals surface area (Å²) in [4.78, 5) is 23.7. The summed E-state index contributed by atoms with van der Waals surface area (Å²) >= 11 is 2.80. The van der Waals surface area contributed by atoms with Gasteiger partial charge in [0, 0.05) is 18.6 Å². The van der Waals surface area contributed by atoms with Crippen LogP contribution in [0, 0.1) is 0 Å². The van der Waals surface area contributed by atoms with E-state index in [0.29, 0.717) is 9.81 Å². The van der Waals surface area contributed by atoms with Crippen LogP contribution >= 0.6 is 23.5 Å². The summed E-state index contributed by atoms with van der Waals surface area (Å²) in [5.74, 6) is 0.921. The lowest BCUT2D eigenvalue weighted by atomic mass is 10.5. The molecule has 0 aliphatic carbocycles. The number of thioether (sulfide) groups is 2. The minimum absolute atomic E-state index is 0.108. The van der Waals surface area contributed by atoms with Crippen molar-refractivity contribution in [2.45, 2.75) is 6.10 Å². The smallest absolute Gasteiger partial charge is 0.265 e. The molecule has 2 amide bonds. The highest BCUT2D eigenvalue weighted by atomic mass is 32.2. The number of rotatable bonds is 1. The standard InChI is InChI=1S/C8H9NO3S2/c1-12-4-2-13-5-6(14-3-4)8(11)9-7(5)10/h4H,2-3H2,1H3,(H,9,10,11). The van der Waals surface area contributed by atoms with E-state index in [1.807, 2.05) is 0 Å². The minimum atomic E-state index is -0.265. The fourth-order valence-electron chi connectivity index (χ4n) is 1.22. The quantitative estimate of drug-likeness (QED) is 0.660. The molecule has 76 valence electrons. The molecule has 4 nitrogen and oxygen atoms in total. The molecule has 2 rings (SSSR count). The van der Waals surface area contributed by atoms with Gasteiger partial charge in [-0.25, -0.2) is 0 Å². The molecule has 0 bridgehead atoms. The average Bonchev–Trinajstić information content (AvgIpc) is 2.40. The van der Waals surface area contributed by atoms with E-state index in [1.165, 1.54) is 23.5 Å². The van der Waals surface area contributed by atoms with E-state index in [0.717, 1.165) is 11.5 Å². The Bertz CT molecular complexity index is 299. The number of hydrogen-bond acceptors (Lipinski definition) is 5. The molecule has 1 N–H and O–H groups in total. The van der Waals surface area contributed by atoms with Crippen LogP contribution < -0.4 is 5.32 Å². The normalized spacial score (nSPS) is 23.5. The van der Waals surface area contributed by atoms with Crippen molar-refractivity contribution < 1.29 is 14.3 Å². The topological polar surface area (TPSA) is 55.4 Å². The van der Waals surface area contributed by atoms with Gasteiger partial charge in [0.2, 0.25) is 0 Å². The molecule has 0 spiro atoms. The van der Waals surface area contributed by atoms with Gasteiger partial charge in [-0.15, -0.1) is 23.5 Å². The largest absolute Gasteiger partial charge is 0.380 e. The lowest BCUT2D eigenvalue weighted by Crippen LogP contribution is -2.24. The van der Waals surface area contributed by atoms with Crippen LogP contribution in [0.2, 0.25) is 0 Å². The molecule has 0 saturated carbocycles. The average molecular weight is 231 g/mol. The van der Waals surface area contributed by atoms with Gasteiger partial charge >= 0.3 is 0 Å². The highest BCUT2D eigenvalue weighted by molar-refractivity contribution is 8.08. The summed E-state index contributed by atoms with van der Waals surface area (Å²) in [5.41, 5.74) is 0. The van der Waals surface area contributed by atoms with Crippen LogP contribution in [0.3, 0.4) is 0 Å². The molecule has 0 fully saturated rings. The third-order valence-corrected chi connectivity index (χ3v) is 4.57. The van der Waals surface area contributed by atoms with Crippen LogP contribution in [0.25, 0.3) is 0 Å². The van der Waals surface area contributed by atoms with Crippen molar-refractivity contribution in [2.24, 2.45) is 0 Å². The Morgan fingerprint density at radius 3 is 2.14 bits per heavy atom. The van der Waals surface area contributed by atoms with Gasteiger partial charge in [0.1, 0.15) is 0 Å². The third kappa shape index (κ3) is 1.69. The summed E-state index contributed by atoms with van der Waals surface area (Å²) in [6.45, 7) is 0. The molecule has 0 aromatic rings. The predicted molar refractivity (Wildman–Crippen MR) is 55.9 cm³/mol. The Kier molecular flexibility index (Phi) is 2.85. The molecule has 0 unspecified atom stereocenters. The van der Waals surface area contributed by atoms with Crippen molar-refractivity contribution in [1.29, 1.82) is 0 Å². The van der Waals surface area contributed by atoms with Crippen LogP contribution in [0.4, 0.5) is 0 Å². The molecular formula is C8H9NO3S2. The van der Waals surface area contributed by atoms with E-state index < -0.39 is 0 Å². The molecule has 0 saturated heterocycles. The number of amides is 2. The van der Waals surface area contributed by atoms with Crippen LogP contribution in [-0.2, 0) is 14.3 Å². The zero-order valence-corrected chi connectivity index (χ0v) is 9.17. The third-order valence-electron chi connectivity index (χ3n) is 2.01. The van der Waals surface area contributed by atoms with Crippen LogP contribution in [-0.4, -0.2) is 36.5 Å². The number of hydrogen-bond donors (Lipinski definition) is 1. The van der Waals surface area contributed by atoms with Crippen LogP contribution in [0.15, 0.2) is 9.81 Å². The van der Waals surface area contributed by atoms with Crippen molar-refractivity contribution in [2.75, 3.05) is 18.6 Å². The van der Waals surface area contributed by atoms with Crippen molar-refractivity contribution in [3.63, 3.8) is 0 Å². The summed E-state index contributed by atoms with van der Waals surface area (Å²) in [7, 11) is 1.64. The lowest BCUT2D eigenvalue weighted by molar-refractivity contribution is -0.123. The Balaban J connectivity index is 2.18. The molecule has 2 heterocycles. The fraction of sp³-hybridized carbons (Fsp3) is 0.500. The van der Waals surface area contributed by atoms with E-state index in [9.17, 15) is 9.59 Å². The maximum atomic E-state index is 11.3. The first-order valence-corrected chi connectivity index (χ1v) is 6.08. The van der Waals surface area contributed by atoms with Gasteiger partial charge in [-0.1, -0.05) is 0 Å². The monoisotopic (exact) mass is 231 g/mol. The lowest BCUT2D eigenvalue weighted by Gasteiger charge is -2.10. The second-order valence-electron chi connectivity index (χ2n) is 2.92. The van der Waals surface area contributed by atoms with Crippen LogP contribution in [0.1, 0.15) is 0 Å². The molecule has 6 heteroatoms. The zero-order valence-electron chi connectivity index (χ0n) is 7.53. The van der Waals surface area contributed by atoms with Gasteiger partial charge in [0.25, 0.3) is 11.8 Å². The first-order chi connectivity index (χ1) is 6.72. The SMILES string of the molecule is COC1CSC2=C(SC1)C(=O)NC2=O. The number of carbonyl (C=O) groups excluding carboxylic acids is 2. The summed E-state index contributed by atoms with van der Waals surface area (Å²) < 4.78 is 5.20. The number of nitrogens with one attached hydrogen (secondary N) is 1. The molecule has 0 radical (unpaired) electrons. The second kappa shape index (κ2) is 3.96. The van der Waals surface area contributed by atoms with Gasteiger partial charge in [-0.3, -0.25) is 14.9 Å². The van der Waals surface area contributed by atoms with Crippen molar-refractivity contribution in [3.05, 3.63) is 9.81 Å². The van der Waals surface area contributed by atoms with E-state index in [-0.39, 0.29) is 17.9 Å². The number of imide groups is 1. The summed E-state index contributed by atoms with van der Waals surface area (Å²) in [6, 6.07) is 0. The molecule has 2 aliphatic rings. The summed E-state index contributed by atoms with van der Waals surface area (Å²) in [6.07, 6.45) is 0.108. The minimum Gasteiger partial charge on any atom is -0.380 e. The Hall–Kier alpha value is -0.460. The Morgan fingerprint density at radius 1 is 1.21 bits per heavy atom. The van der Waals surface area contributed by atoms with E-state index in [1.54, 1.807) is 7.11 Å². The van der Waals surface area contributed by atoms with Crippen molar-refractivity contribution in [3.8, 4) is 0 Å². The fourth-order valence-corrected chi connectivity index (χ4v) is 3.75. The first-order valence-electron chi connectivity index (χ1n) is 4.10. The van der Waals surface area contributed by atoms with Gasteiger partial charge in [-0.2, -0.15) is 0 Å². The van der Waals surface area contributed by atoms with Crippen LogP contribution in [0.5, 0.6) is 0 Å². The van der Waals surface area contributed by atoms with E-state index in [2.05, 4.69) is 5.32 Å². The molecule has 0 aromatic carbocycles. The Morgan fingerprint density at radius 2 is 1.71 bits per heavy atom. The second-order valence-corrected chi connectivity index (χ2v) is 4.98. The van der Waals surface area contributed by atoms with Gasteiger partial charge < -0.3 is 4.74 Å². The number of carbonyl (C=O) groups is 2. The molecule has 0 aromatic heterocycles. The molecular weight excluding hydrogens is 222 g/mol. The maximum absolute atomic E-state index is 11.3. The number of methoxy groups -OCH3 is 1. The number of ether oxygens (including phenoxy) is 1. The molecule has 2 aliphatic heterocycles. The maximum Gasteiger partial charge on any atom is 0.265 e. The highest BCUT2D eigenvalue weighted by Crippen LogP contribution is 2.36. The molecule has 0 atom stereocenters. The van der Waals surface area contributed by atoms with Gasteiger partial charge in [0.05, 0.1) is 15.9 Å². The Labute approximate surface area is 89.8 Å². The van der Waals surface area contributed by atoms with E-state index >= 15 is 0 Å². The van der Waals surface area contributed by atoms with Crippen molar-refractivity contribution >= 4 is 35.3 Å². The highest BCUT2D eigenvalue weighted by Gasteiger charge is 2.33.